The fourth-order valence-electron chi connectivity index (χ4n) is 2.92. The lowest BCUT2D eigenvalue weighted by Crippen LogP contribution is -2.43. The number of hydrogen-bond donors (Lipinski definition) is 0. The summed E-state index contributed by atoms with van der Waals surface area (Å²) in [5.74, 6) is 0.0938. The van der Waals surface area contributed by atoms with Crippen molar-refractivity contribution in [2.75, 3.05) is 19.7 Å². The first-order valence-electron chi connectivity index (χ1n) is 8.11. The van der Waals surface area contributed by atoms with Gasteiger partial charge in [-0.05, 0) is 38.8 Å². The Labute approximate surface area is 141 Å². The summed E-state index contributed by atoms with van der Waals surface area (Å²) >= 11 is 1.63. The smallest absolute Gasteiger partial charge is 0.253 e. The van der Waals surface area contributed by atoms with Gasteiger partial charge in [-0.25, -0.2) is 4.98 Å². The van der Waals surface area contributed by atoms with Gasteiger partial charge in [-0.2, -0.15) is 0 Å². The molecule has 0 radical (unpaired) electrons. The Kier molecular flexibility index (Phi) is 5.08. The van der Waals surface area contributed by atoms with Gasteiger partial charge in [0, 0.05) is 41.9 Å². The number of piperidine rings is 1. The molecule has 1 saturated heterocycles. The van der Waals surface area contributed by atoms with Crippen LogP contribution in [0.25, 0.3) is 10.6 Å². The van der Waals surface area contributed by atoms with Crippen LogP contribution in [-0.4, -0.2) is 41.6 Å². The van der Waals surface area contributed by atoms with Crippen LogP contribution in [0.1, 0.15) is 35.8 Å². The van der Waals surface area contributed by atoms with Gasteiger partial charge in [-0.3, -0.25) is 4.79 Å². The van der Waals surface area contributed by atoms with Crippen LogP contribution in [0, 0.1) is 6.92 Å². The third-order valence-corrected chi connectivity index (χ3v) is 5.07. The summed E-state index contributed by atoms with van der Waals surface area (Å²) in [6.45, 7) is 6.20. The fraction of sp³-hybridized carbons (Fsp3) is 0.444. The second-order valence-electron chi connectivity index (χ2n) is 5.84. The van der Waals surface area contributed by atoms with E-state index >= 15 is 0 Å². The third kappa shape index (κ3) is 3.79. The van der Waals surface area contributed by atoms with Gasteiger partial charge in [0.2, 0.25) is 0 Å². The maximum Gasteiger partial charge on any atom is 0.253 e. The van der Waals surface area contributed by atoms with Crippen LogP contribution < -0.4 is 0 Å². The standard InChI is InChI=1S/C18H22N2O2S/c1-3-22-16-5-4-10-20(11-16)18(21)15-8-6-14(7-9-15)17-19-13(2)12-23-17/h6-9,12,16H,3-5,10-11H2,1-2H3/t16-/m0/s1. The number of carbonyl (C=O) groups excluding carboxylic acids is 1. The highest BCUT2D eigenvalue weighted by Gasteiger charge is 2.24. The quantitative estimate of drug-likeness (QED) is 0.857. The Morgan fingerprint density at radius 1 is 1.39 bits per heavy atom. The molecule has 1 fully saturated rings. The Morgan fingerprint density at radius 2 is 2.17 bits per heavy atom. The summed E-state index contributed by atoms with van der Waals surface area (Å²) < 4.78 is 5.68. The van der Waals surface area contributed by atoms with Gasteiger partial charge >= 0.3 is 0 Å². The number of thiazole rings is 1. The van der Waals surface area contributed by atoms with E-state index in [0.717, 1.165) is 41.2 Å². The molecule has 0 bridgehead atoms. The summed E-state index contributed by atoms with van der Waals surface area (Å²) in [5, 5.41) is 3.03. The molecule has 1 aliphatic heterocycles. The molecule has 0 spiro atoms. The van der Waals surface area contributed by atoms with E-state index in [9.17, 15) is 4.79 Å². The van der Waals surface area contributed by atoms with E-state index in [2.05, 4.69) is 4.98 Å². The van der Waals surface area contributed by atoms with E-state index < -0.39 is 0 Å². The summed E-state index contributed by atoms with van der Waals surface area (Å²) in [7, 11) is 0. The van der Waals surface area contributed by atoms with Crippen LogP contribution in [0.5, 0.6) is 0 Å². The van der Waals surface area contributed by atoms with E-state index in [-0.39, 0.29) is 12.0 Å². The van der Waals surface area contributed by atoms with Gasteiger partial charge in [0.25, 0.3) is 5.91 Å². The fourth-order valence-corrected chi connectivity index (χ4v) is 3.72. The molecule has 0 unspecified atom stereocenters. The summed E-state index contributed by atoms with van der Waals surface area (Å²) in [5.41, 5.74) is 2.82. The Balaban J connectivity index is 1.70. The normalized spacial score (nSPS) is 18.2. The maximum atomic E-state index is 12.7. The summed E-state index contributed by atoms with van der Waals surface area (Å²) in [6, 6.07) is 7.77. The number of nitrogens with zero attached hydrogens (tertiary/aromatic N) is 2. The number of hydrogen-bond acceptors (Lipinski definition) is 4. The minimum atomic E-state index is 0.0938. The molecule has 0 N–H and O–H groups in total. The van der Waals surface area contributed by atoms with E-state index in [1.54, 1.807) is 11.3 Å². The van der Waals surface area contributed by atoms with Crippen LogP contribution in [0.4, 0.5) is 0 Å². The molecule has 0 aliphatic carbocycles. The third-order valence-electron chi connectivity index (χ3n) is 4.07. The lowest BCUT2D eigenvalue weighted by molar-refractivity contribution is 0.00724. The molecular formula is C18H22N2O2S. The zero-order valence-corrected chi connectivity index (χ0v) is 14.4. The molecule has 0 saturated carbocycles. The topological polar surface area (TPSA) is 42.4 Å². The molecule has 2 aromatic rings. The number of rotatable bonds is 4. The Hall–Kier alpha value is -1.72. The molecule has 1 atom stereocenters. The van der Waals surface area contributed by atoms with Crippen LogP contribution >= 0.6 is 11.3 Å². The average Bonchev–Trinajstić information content (AvgIpc) is 3.01. The zero-order chi connectivity index (χ0) is 16.2. The van der Waals surface area contributed by atoms with Gasteiger partial charge in [-0.15, -0.1) is 11.3 Å². The number of amides is 1. The molecular weight excluding hydrogens is 308 g/mol. The summed E-state index contributed by atoms with van der Waals surface area (Å²) in [4.78, 5) is 19.1. The predicted octanol–water partition coefficient (Wildman–Crippen LogP) is 3.76. The molecule has 4 nitrogen and oxygen atoms in total. The van der Waals surface area contributed by atoms with Crippen molar-refractivity contribution < 1.29 is 9.53 Å². The van der Waals surface area contributed by atoms with Crippen molar-refractivity contribution in [1.29, 1.82) is 0 Å². The molecule has 23 heavy (non-hydrogen) atoms. The monoisotopic (exact) mass is 330 g/mol. The molecule has 1 aliphatic rings. The largest absolute Gasteiger partial charge is 0.377 e. The molecule has 3 rings (SSSR count). The van der Waals surface area contributed by atoms with Crippen LogP contribution in [0.15, 0.2) is 29.6 Å². The highest BCUT2D eigenvalue weighted by atomic mass is 32.1. The van der Waals surface area contributed by atoms with Crippen molar-refractivity contribution in [3.05, 3.63) is 40.9 Å². The first-order chi connectivity index (χ1) is 11.2. The van der Waals surface area contributed by atoms with Gasteiger partial charge in [-0.1, -0.05) is 12.1 Å². The molecule has 5 heteroatoms. The number of carbonyl (C=O) groups is 1. The first-order valence-corrected chi connectivity index (χ1v) is 8.98. The van der Waals surface area contributed by atoms with E-state index in [0.29, 0.717) is 13.2 Å². The number of benzene rings is 1. The second-order valence-corrected chi connectivity index (χ2v) is 6.70. The van der Waals surface area contributed by atoms with Crippen LogP contribution in [0.2, 0.25) is 0 Å². The van der Waals surface area contributed by atoms with Gasteiger partial charge in [0.05, 0.1) is 6.10 Å². The number of aromatic nitrogens is 1. The molecule has 122 valence electrons. The molecule has 1 amide bonds. The Bertz CT molecular complexity index is 664. The maximum absolute atomic E-state index is 12.7. The molecule has 2 heterocycles. The molecule has 1 aromatic heterocycles. The van der Waals surface area contributed by atoms with Crippen molar-refractivity contribution in [2.45, 2.75) is 32.8 Å². The van der Waals surface area contributed by atoms with Crippen molar-refractivity contribution in [3.8, 4) is 10.6 Å². The van der Waals surface area contributed by atoms with Crippen molar-refractivity contribution in [3.63, 3.8) is 0 Å². The van der Waals surface area contributed by atoms with Gasteiger partial charge in [0.1, 0.15) is 5.01 Å². The predicted molar refractivity (Wildman–Crippen MR) is 92.8 cm³/mol. The van der Waals surface area contributed by atoms with Crippen molar-refractivity contribution in [1.82, 2.24) is 9.88 Å². The number of ether oxygens (including phenoxy) is 1. The minimum Gasteiger partial charge on any atom is -0.377 e. The highest BCUT2D eigenvalue weighted by molar-refractivity contribution is 7.13. The number of likely N-dealkylation sites (tertiary alicyclic amines) is 1. The van der Waals surface area contributed by atoms with Gasteiger partial charge in [0.15, 0.2) is 0 Å². The molecule has 1 aromatic carbocycles. The number of aryl methyl sites for hydroxylation is 1. The van der Waals surface area contributed by atoms with E-state index in [1.807, 2.05) is 48.4 Å². The van der Waals surface area contributed by atoms with E-state index in [4.69, 9.17) is 4.74 Å². The zero-order valence-electron chi connectivity index (χ0n) is 13.6. The highest BCUT2D eigenvalue weighted by Crippen LogP contribution is 2.24. The van der Waals surface area contributed by atoms with Crippen molar-refractivity contribution >= 4 is 17.2 Å². The van der Waals surface area contributed by atoms with Gasteiger partial charge < -0.3 is 9.64 Å². The van der Waals surface area contributed by atoms with Crippen LogP contribution in [0.3, 0.4) is 0 Å². The lowest BCUT2D eigenvalue weighted by atomic mass is 10.1. The minimum absolute atomic E-state index is 0.0938. The SMILES string of the molecule is CCO[C@H]1CCCN(C(=O)c2ccc(-c3nc(C)cs3)cc2)C1. The van der Waals surface area contributed by atoms with E-state index in [1.165, 1.54) is 0 Å². The second kappa shape index (κ2) is 7.23. The lowest BCUT2D eigenvalue weighted by Gasteiger charge is -2.32. The van der Waals surface area contributed by atoms with Crippen LogP contribution in [-0.2, 0) is 4.74 Å². The van der Waals surface area contributed by atoms with Crippen molar-refractivity contribution in [2.24, 2.45) is 0 Å². The summed E-state index contributed by atoms with van der Waals surface area (Å²) in [6.07, 6.45) is 2.22. The first kappa shape index (κ1) is 16.1. The Morgan fingerprint density at radius 3 is 2.83 bits per heavy atom. The average molecular weight is 330 g/mol.